The van der Waals surface area contributed by atoms with Gasteiger partial charge in [-0.1, -0.05) is 0 Å². The van der Waals surface area contributed by atoms with Crippen LogP contribution in [0, 0.1) is 10.1 Å². The van der Waals surface area contributed by atoms with Crippen molar-refractivity contribution in [3.8, 4) is 5.75 Å². The molecule has 116 valence electrons. The Hall–Kier alpha value is -2.36. The van der Waals surface area contributed by atoms with Crippen LogP contribution < -0.4 is 4.72 Å². The first-order valence-electron chi connectivity index (χ1n) is 5.80. The second-order valence-corrected chi connectivity index (χ2v) is 5.90. The number of benzene rings is 1. The third kappa shape index (κ3) is 5.26. The van der Waals surface area contributed by atoms with Gasteiger partial charge in [-0.3, -0.25) is 19.6 Å². The Labute approximate surface area is 120 Å². The number of carbonyl (C=O) groups is 1. The van der Waals surface area contributed by atoms with Crippen molar-refractivity contribution < 1.29 is 28.0 Å². The number of esters is 1. The Morgan fingerprint density at radius 1 is 1.48 bits per heavy atom. The number of rotatable bonds is 7. The van der Waals surface area contributed by atoms with Crippen molar-refractivity contribution in [2.24, 2.45) is 0 Å². The zero-order valence-electron chi connectivity index (χ0n) is 11.1. The summed E-state index contributed by atoms with van der Waals surface area (Å²) in [5.41, 5.74) is -0.528. The van der Waals surface area contributed by atoms with Crippen LogP contribution in [0.5, 0.6) is 5.75 Å². The summed E-state index contributed by atoms with van der Waals surface area (Å²) in [5, 5.41) is 20.0. The number of non-ortho nitro benzene ring substituents is 1. The summed E-state index contributed by atoms with van der Waals surface area (Å²) in [5.74, 6) is -1.43. The maximum atomic E-state index is 11.7. The second kappa shape index (κ2) is 6.88. The molecule has 10 heteroatoms. The van der Waals surface area contributed by atoms with E-state index in [1.54, 1.807) is 0 Å². The summed E-state index contributed by atoms with van der Waals surface area (Å²) in [6, 6.07) is 2.99. The van der Waals surface area contributed by atoms with Crippen molar-refractivity contribution in [3.63, 3.8) is 0 Å². The molecule has 21 heavy (non-hydrogen) atoms. The number of sulfonamides is 1. The number of phenolic OH excluding ortho intramolecular Hbond substituents is 1. The number of nitrogens with zero attached hydrogens (tertiary/aromatic N) is 1. The minimum atomic E-state index is -3.78. The fourth-order valence-corrected chi connectivity index (χ4v) is 2.58. The van der Waals surface area contributed by atoms with Crippen LogP contribution in [0.3, 0.4) is 0 Å². The molecule has 0 saturated carbocycles. The largest absolute Gasteiger partial charge is 0.505 e. The van der Waals surface area contributed by atoms with Crippen LogP contribution in [0.4, 0.5) is 11.4 Å². The van der Waals surface area contributed by atoms with Crippen LogP contribution >= 0.6 is 0 Å². The quantitative estimate of drug-likeness (QED) is 0.331. The normalized spacial score (nSPS) is 10.9. The Morgan fingerprint density at radius 2 is 2.14 bits per heavy atom. The molecule has 1 aromatic carbocycles. The summed E-state index contributed by atoms with van der Waals surface area (Å²) in [6.45, 7) is 0. The molecule has 1 aromatic rings. The van der Waals surface area contributed by atoms with Gasteiger partial charge in [0.2, 0.25) is 10.0 Å². The average Bonchev–Trinajstić information content (AvgIpc) is 2.40. The SMILES string of the molecule is COC(=O)CCCS(=O)(=O)Nc1ccc([N+](=O)[O-])cc1O. The van der Waals surface area contributed by atoms with Gasteiger partial charge in [-0.25, -0.2) is 8.42 Å². The topological polar surface area (TPSA) is 136 Å². The number of carbonyl (C=O) groups excluding carboxylic acids is 1. The first-order chi connectivity index (χ1) is 9.75. The van der Waals surface area contributed by atoms with Gasteiger partial charge in [-0.2, -0.15) is 0 Å². The third-order valence-corrected chi connectivity index (χ3v) is 3.84. The molecule has 0 bridgehead atoms. The van der Waals surface area contributed by atoms with E-state index >= 15 is 0 Å². The molecular weight excluding hydrogens is 304 g/mol. The zero-order chi connectivity index (χ0) is 16.0. The minimum Gasteiger partial charge on any atom is -0.505 e. The molecule has 0 fully saturated rings. The highest BCUT2D eigenvalue weighted by molar-refractivity contribution is 7.92. The molecule has 0 radical (unpaired) electrons. The molecular formula is C11H14N2O7S. The molecule has 0 saturated heterocycles. The molecule has 0 aliphatic heterocycles. The molecule has 9 nitrogen and oxygen atoms in total. The average molecular weight is 318 g/mol. The standard InChI is InChI=1S/C11H14N2O7S/c1-20-11(15)3-2-6-21(18,19)12-9-5-4-8(13(16)17)7-10(9)14/h4-5,7,12,14H,2-3,6H2,1H3. The van der Waals surface area contributed by atoms with Gasteiger partial charge >= 0.3 is 5.97 Å². The number of ether oxygens (including phenoxy) is 1. The number of nitro groups is 1. The Balaban J connectivity index is 2.71. The lowest BCUT2D eigenvalue weighted by Crippen LogP contribution is -2.17. The lowest BCUT2D eigenvalue weighted by molar-refractivity contribution is -0.384. The first kappa shape index (κ1) is 16.7. The number of anilines is 1. The highest BCUT2D eigenvalue weighted by Gasteiger charge is 2.16. The maximum Gasteiger partial charge on any atom is 0.305 e. The van der Waals surface area contributed by atoms with Crippen LogP contribution in [0.25, 0.3) is 0 Å². The van der Waals surface area contributed by atoms with E-state index in [1.165, 1.54) is 7.11 Å². The number of hydrogen-bond donors (Lipinski definition) is 2. The van der Waals surface area contributed by atoms with Crippen LogP contribution in [0.2, 0.25) is 0 Å². The van der Waals surface area contributed by atoms with E-state index in [2.05, 4.69) is 9.46 Å². The summed E-state index contributed by atoms with van der Waals surface area (Å²) >= 11 is 0. The zero-order valence-corrected chi connectivity index (χ0v) is 11.9. The van der Waals surface area contributed by atoms with Crippen LogP contribution in [0.15, 0.2) is 18.2 Å². The van der Waals surface area contributed by atoms with Gasteiger partial charge in [-0.15, -0.1) is 0 Å². The smallest absolute Gasteiger partial charge is 0.305 e. The predicted molar refractivity (Wildman–Crippen MR) is 73.4 cm³/mol. The molecule has 0 spiro atoms. The molecule has 0 heterocycles. The lowest BCUT2D eigenvalue weighted by atomic mass is 10.2. The predicted octanol–water partition coefficient (Wildman–Crippen LogP) is 0.995. The monoisotopic (exact) mass is 318 g/mol. The van der Waals surface area contributed by atoms with E-state index in [1.807, 2.05) is 0 Å². The van der Waals surface area contributed by atoms with Gasteiger partial charge < -0.3 is 9.84 Å². The fourth-order valence-electron chi connectivity index (χ4n) is 1.45. The van der Waals surface area contributed by atoms with E-state index in [9.17, 15) is 28.4 Å². The fraction of sp³-hybridized carbons (Fsp3) is 0.364. The van der Waals surface area contributed by atoms with E-state index in [0.29, 0.717) is 0 Å². The summed E-state index contributed by atoms with van der Waals surface area (Å²) in [4.78, 5) is 20.7. The van der Waals surface area contributed by atoms with Crippen molar-refractivity contribution in [2.45, 2.75) is 12.8 Å². The van der Waals surface area contributed by atoms with Crippen molar-refractivity contribution in [3.05, 3.63) is 28.3 Å². The lowest BCUT2D eigenvalue weighted by Gasteiger charge is -2.09. The minimum absolute atomic E-state index is 0.0513. The van der Waals surface area contributed by atoms with Crippen LogP contribution in [-0.2, 0) is 19.6 Å². The second-order valence-electron chi connectivity index (χ2n) is 4.06. The molecule has 0 aromatic heterocycles. The number of aromatic hydroxyl groups is 1. The Bertz CT molecular complexity index is 642. The number of nitrogens with one attached hydrogen (secondary N) is 1. The summed E-state index contributed by atoms with van der Waals surface area (Å²) in [7, 11) is -2.58. The van der Waals surface area contributed by atoms with E-state index in [0.717, 1.165) is 18.2 Å². The van der Waals surface area contributed by atoms with E-state index < -0.39 is 26.7 Å². The van der Waals surface area contributed by atoms with Crippen molar-refractivity contribution in [2.75, 3.05) is 17.6 Å². The summed E-state index contributed by atoms with van der Waals surface area (Å²) < 4.78 is 29.9. The van der Waals surface area contributed by atoms with Gasteiger partial charge in [0.05, 0.1) is 29.5 Å². The molecule has 1 rings (SSSR count). The summed E-state index contributed by atoms with van der Waals surface area (Å²) in [6.07, 6.45) is -0.000592. The first-order valence-corrected chi connectivity index (χ1v) is 7.45. The Morgan fingerprint density at radius 3 is 2.67 bits per heavy atom. The van der Waals surface area contributed by atoms with Crippen molar-refractivity contribution >= 4 is 27.4 Å². The number of nitro benzene ring substituents is 1. The molecule has 0 aliphatic carbocycles. The van der Waals surface area contributed by atoms with Gasteiger partial charge in [0.1, 0.15) is 5.75 Å². The van der Waals surface area contributed by atoms with Crippen LogP contribution in [-0.4, -0.2) is 37.3 Å². The van der Waals surface area contributed by atoms with Gasteiger partial charge in [0, 0.05) is 12.5 Å². The maximum absolute atomic E-state index is 11.7. The molecule has 0 atom stereocenters. The molecule has 0 unspecified atom stereocenters. The highest BCUT2D eigenvalue weighted by atomic mass is 32.2. The molecule has 0 amide bonds. The highest BCUT2D eigenvalue weighted by Crippen LogP contribution is 2.28. The van der Waals surface area contributed by atoms with Gasteiger partial charge in [-0.05, 0) is 12.5 Å². The van der Waals surface area contributed by atoms with Gasteiger partial charge in [0.25, 0.3) is 5.69 Å². The van der Waals surface area contributed by atoms with Crippen LogP contribution in [0.1, 0.15) is 12.8 Å². The van der Waals surface area contributed by atoms with E-state index in [4.69, 9.17) is 0 Å². The molecule has 0 aliphatic rings. The van der Waals surface area contributed by atoms with Crippen molar-refractivity contribution in [1.82, 2.24) is 0 Å². The Kier molecular flexibility index (Phi) is 5.47. The van der Waals surface area contributed by atoms with E-state index in [-0.39, 0.29) is 30.0 Å². The molecule has 2 N–H and O–H groups in total. The third-order valence-electron chi connectivity index (χ3n) is 2.48. The number of hydrogen-bond acceptors (Lipinski definition) is 7. The van der Waals surface area contributed by atoms with Crippen molar-refractivity contribution in [1.29, 1.82) is 0 Å². The number of methoxy groups -OCH3 is 1. The number of phenols is 1. The van der Waals surface area contributed by atoms with Gasteiger partial charge in [0.15, 0.2) is 0 Å².